The third kappa shape index (κ3) is 9.17. The van der Waals surface area contributed by atoms with Crippen LogP contribution in [0, 0.1) is 0 Å². The van der Waals surface area contributed by atoms with E-state index in [-0.39, 0.29) is 46.8 Å². The van der Waals surface area contributed by atoms with Gasteiger partial charge in [0, 0.05) is 27.2 Å². The van der Waals surface area contributed by atoms with Crippen molar-refractivity contribution in [3.8, 4) is 23.0 Å². The van der Waals surface area contributed by atoms with Gasteiger partial charge >= 0.3 is 0 Å². The second-order valence-electron chi connectivity index (χ2n) is 7.30. The Balaban J connectivity index is 1.83. The number of hydrogen-bond acceptors (Lipinski definition) is 7. The van der Waals surface area contributed by atoms with Crippen LogP contribution in [0.4, 0.5) is 0 Å². The minimum atomic E-state index is -0.185. The zero-order chi connectivity index (χ0) is 26.5. The first-order valence-corrected chi connectivity index (χ1v) is 10.8. The van der Waals surface area contributed by atoms with Gasteiger partial charge in [-0.2, -0.15) is 10.5 Å². The lowest BCUT2D eigenvalue weighted by molar-refractivity contribution is 0.248. The van der Waals surface area contributed by atoms with Crippen molar-refractivity contribution in [2.75, 3.05) is 27.2 Å². The molecule has 0 aliphatic heterocycles. The van der Waals surface area contributed by atoms with E-state index in [2.05, 4.69) is 36.1 Å². The van der Waals surface area contributed by atoms with Crippen molar-refractivity contribution >= 4 is 23.8 Å². The first kappa shape index (κ1) is 27.4. The van der Waals surface area contributed by atoms with Gasteiger partial charge in [-0.05, 0) is 48.2 Å². The van der Waals surface area contributed by atoms with Crippen molar-refractivity contribution in [2.45, 2.75) is 12.8 Å². The Morgan fingerprint density at radius 1 is 0.833 bits per heavy atom. The number of hydroxylamine groups is 1. The maximum atomic E-state index is 10.2. The summed E-state index contributed by atoms with van der Waals surface area (Å²) in [7, 11) is 3.06. The van der Waals surface area contributed by atoms with Gasteiger partial charge in [0.15, 0.2) is 34.9 Å². The van der Waals surface area contributed by atoms with Crippen LogP contribution in [0.1, 0.15) is 11.1 Å². The highest BCUT2D eigenvalue weighted by molar-refractivity contribution is 5.97. The Labute approximate surface area is 208 Å². The maximum absolute atomic E-state index is 10.2. The number of nitrogens with two attached hydrogens (primary N) is 3. The minimum Gasteiger partial charge on any atom is -0.504 e. The van der Waals surface area contributed by atoms with E-state index < -0.39 is 0 Å². The summed E-state index contributed by atoms with van der Waals surface area (Å²) in [6, 6.07) is 9.45. The van der Waals surface area contributed by atoms with Gasteiger partial charge in [-0.3, -0.25) is 20.3 Å². The van der Waals surface area contributed by atoms with Gasteiger partial charge in [-0.1, -0.05) is 12.1 Å². The lowest BCUT2D eigenvalue weighted by Gasteiger charge is -2.11. The maximum Gasteiger partial charge on any atom is 0.230 e. The molecule has 0 bridgehead atoms. The number of hydrogen-bond donors (Lipinski definition) is 9. The van der Waals surface area contributed by atoms with Crippen LogP contribution in [0.3, 0.4) is 0 Å². The molecule has 0 saturated heterocycles. The van der Waals surface area contributed by atoms with Crippen molar-refractivity contribution in [1.29, 1.82) is 0 Å². The Kier molecular flexibility index (Phi) is 10.4. The molecule has 0 spiro atoms. The van der Waals surface area contributed by atoms with Gasteiger partial charge in [0.25, 0.3) is 0 Å². The molecule has 2 aromatic rings. The van der Waals surface area contributed by atoms with Gasteiger partial charge in [0.05, 0.1) is 0 Å². The summed E-state index contributed by atoms with van der Waals surface area (Å²) in [4.78, 5) is 21.3. The van der Waals surface area contributed by atoms with E-state index in [4.69, 9.17) is 22.0 Å². The summed E-state index contributed by atoms with van der Waals surface area (Å²) in [5, 5.41) is 34.8. The predicted octanol–water partition coefficient (Wildman–Crippen LogP) is -0.789. The Bertz CT molecular complexity index is 1150. The van der Waals surface area contributed by atoms with Crippen LogP contribution in [0.15, 0.2) is 56.4 Å². The van der Waals surface area contributed by atoms with Gasteiger partial charge in [0.2, 0.25) is 11.9 Å². The predicted molar refractivity (Wildman–Crippen MR) is 139 cm³/mol. The third-order valence-corrected chi connectivity index (χ3v) is 4.64. The molecule has 0 fully saturated rings. The average molecular weight is 501 g/mol. The van der Waals surface area contributed by atoms with Gasteiger partial charge < -0.3 is 42.7 Å². The summed E-state index contributed by atoms with van der Waals surface area (Å²) in [5.41, 5.74) is 21.1. The molecule has 0 heterocycles. The summed E-state index contributed by atoms with van der Waals surface area (Å²) >= 11 is 0. The molecule has 0 radical (unpaired) electrons. The van der Waals surface area contributed by atoms with Crippen LogP contribution < -0.4 is 38.2 Å². The Morgan fingerprint density at radius 3 is 2.19 bits per heavy atom. The number of nitrogens with one attached hydrogen (secondary N) is 3. The monoisotopic (exact) mass is 500 g/mol. The second kappa shape index (κ2) is 13.7. The molecule has 0 saturated carbocycles. The number of phenols is 3. The van der Waals surface area contributed by atoms with Crippen LogP contribution >= 0.6 is 0 Å². The smallest absolute Gasteiger partial charge is 0.230 e. The van der Waals surface area contributed by atoms with Gasteiger partial charge in [-0.25, -0.2) is 0 Å². The van der Waals surface area contributed by atoms with Crippen LogP contribution in [-0.2, 0) is 12.8 Å². The van der Waals surface area contributed by atoms with Crippen molar-refractivity contribution in [1.82, 2.24) is 16.1 Å². The number of aliphatic imine (C=N–C) groups is 4. The lowest BCUT2D eigenvalue weighted by atomic mass is 10.1. The van der Waals surface area contributed by atoms with E-state index in [0.29, 0.717) is 25.9 Å². The molecular weight excluding hydrogens is 468 g/mol. The SMILES string of the molecule is CN=C(N)NC(N)=NCCc1ccc(ONC(N)=NC(=NC)NCCc2ccc(O)c(O)c2)c(O)c1. The number of rotatable bonds is 8. The highest BCUT2D eigenvalue weighted by Crippen LogP contribution is 2.26. The quantitative estimate of drug-likeness (QED) is 0.0948. The van der Waals surface area contributed by atoms with E-state index in [1.165, 1.54) is 32.3 Å². The Morgan fingerprint density at radius 2 is 1.53 bits per heavy atom. The molecule has 12 N–H and O–H groups in total. The fourth-order valence-corrected chi connectivity index (χ4v) is 2.79. The molecule has 194 valence electrons. The standard InChI is InChI=1S/C22H32N10O4/c1-26-19(23)30-20(24)28-9-7-14-4-6-18(17(35)12-14)36-32-21(25)31-22(27-2)29-10-8-13-3-5-15(33)16(34)11-13/h3-6,11-12,33-35H,7-10H2,1-2H3,(H5,23,24,26,28,30)(H4,25,27,29,31,32). The molecule has 14 nitrogen and oxygen atoms in total. The fourth-order valence-electron chi connectivity index (χ4n) is 2.79. The molecule has 14 heteroatoms. The van der Waals surface area contributed by atoms with Gasteiger partial charge in [-0.15, -0.1) is 0 Å². The molecule has 2 aromatic carbocycles. The Hall–Kier alpha value is -4.88. The molecule has 0 unspecified atom stereocenters. The highest BCUT2D eigenvalue weighted by Gasteiger charge is 2.07. The van der Waals surface area contributed by atoms with Gasteiger partial charge in [0.1, 0.15) is 0 Å². The molecule has 0 aliphatic rings. The van der Waals surface area contributed by atoms with Crippen molar-refractivity contribution < 1.29 is 20.2 Å². The van der Waals surface area contributed by atoms with Crippen molar-refractivity contribution in [3.05, 3.63) is 47.5 Å². The number of phenolic OH excluding ortho intramolecular Hbond substituents is 3. The fraction of sp³-hybridized carbons (Fsp3) is 0.273. The number of nitrogens with zero attached hydrogens (tertiary/aromatic N) is 4. The third-order valence-electron chi connectivity index (χ3n) is 4.64. The largest absolute Gasteiger partial charge is 0.504 e. The number of guanidine groups is 4. The molecule has 0 amide bonds. The van der Waals surface area contributed by atoms with Crippen LogP contribution in [0.25, 0.3) is 0 Å². The van der Waals surface area contributed by atoms with E-state index in [1.807, 2.05) is 0 Å². The summed E-state index contributed by atoms with van der Waals surface area (Å²) < 4.78 is 0. The zero-order valence-electron chi connectivity index (χ0n) is 20.1. The van der Waals surface area contributed by atoms with E-state index in [0.717, 1.165) is 11.1 Å². The normalized spacial score (nSPS) is 12.8. The molecule has 0 atom stereocenters. The van der Waals surface area contributed by atoms with Crippen LogP contribution in [0.2, 0.25) is 0 Å². The second-order valence-corrected chi connectivity index (χ2v) is 7.30. The summed E-state index contributed by atoms with van der Waals surface area (Å²) in [5.74, 6) is 0.125. The van der Waals surface area contributed by atoms with Crippen molar-refractivity contribution in [2.24, 2.45) is 37.2 Å². The molecular formula is C22H32N10O4. The van der Waals surface area contributed by atoms with Crippen LogP contribution in [0.5, 0.6) is 23.0 Å². The van der Waals surface area contributed by atoms with E-state index >= 15 is 0 Å². The minimum absolute atomic E-state index is 0.0962. The van der Waals surface area contributed by atoms with Crippen molar-refractivity contribution in [3.63, 3.8) is 0 Å². The number of benzene rings is 2. The summed E-state index contributed by atoms with van der Waals surface area (Å²) in [6.07, 6.45) is 1.06. The van der Waals surface area contributed by atoms with Crippen LogP contribution in [-0.4, -0.2) is 66.3 Å². The van der Waals surface area contributed by atoms with E-state index in [9.17, 15) is 15.3 Å². The average Bonchev–Trinajstić information content (AvgIpc) is 2.84. The molecule has 36 heavy (non-hydrogen) atoms. The number of aromatic hydroxyl groups is 3. The first-order valence-electron chi connectivity index (χ1n) is 10.8. The molecule has 0 aromatic heterocycles. The first-order chi connectivity index (χ1) is 17.2. The topological polar surface area (TPSA) is 234 Å². The summed E-state index contributed by atoms with van der Waals surface area (Å²) in [6.45, 7) is 0.815. The van der Waals surface area contributed by atoms with E-state index in [1.54, 1.807) is 18.2 Å². The lowest BCUT2D eigenvalue weighted by Crippen LogP contribution is -2.41. The molecule has 2 rings (SSSR count). The molecule has 0 aliphatic carbocycles. The highest BCUT2D eigenvalue weighted by atomic mass is 16.7. The zero-order valence-corrected chi connectivity index (χ0v) is 20.1.